The van der Waals surface area contributed by atoms with Gasteiger partial charge in [0, 0.05) is 25.6 Å². The van der Waals surface area contributed by atoms with Gasteiger partial charge >= 0.3 is 6.09 Å². The van der Waals surface area contributed by atoms with Crippen LogP contribution in [0.5, 0.6) is 11.6 Å². The van der Waals surface area contributed by atoms with Gasteiger partial charge in [0.1, 0.15) is 40.9 Å². The number of hydrogen-bond donors (Lipinski definition) is 1. The first kappa shape index (κ1) is 28.1. The van der Waals surface area contributed by atoms with Crippen molar-refractivity contribution in [3.63, 3.8) is 0 Å². The minimum absolute atomic E-state index is 0.0230. The zero-order chi connectivity index (χ0) is 28.3. The second-order valence-electron chi connectivity index (χ2n) is 10.9. The molecule has 0 saturated carbocycles. The Morgan fingerprint density at radius 3 is 2.83 bits per heavy atom. The summed E-state index contributed by atoms with van der Waals surface area (Å²) in [5.41, 5.74) is 0.487. The number of nitrogens with one attached hydrogen (secondary N) is 1. The lowest BCUT2D eigenvalue weighted by molar-refractivity contribution is -0.0111. The van der Waals surface area contributed by atoms with Gasteiger partial charge in [-0.2, -0.15) is 0 Å². The normalized spacial score (nSPS) is 19.5. The second kappa shape index (κ2) is 12.0. The van der Waals surface area contributed by atoms with E-state index in [9.17, 15) is 4.79 Å². The number of amides is 1. The van der Waals surface area contributed by atoms with Gasteiger partial charge in [0.05, 0.1) is 23.9 Å². The molecule has 12 heteroatoms. The van der Waals surface area contributed by atoms with Crippen molar-refractivity contribution in [3.8, 4) is 11.6 Å². The molecule has 1 N–H and O–H groups in total. The third-order valence-corrected chi connectivity index (χ3v) is 6.89. The van der Waals surface area contributed by atoms with Crippen LogP contribution in [0.3, 0.4) is 0 Å². The van der Waals surface area contributed by atoms with E-state index in [4.69, 9.17) is 30.5 Å². The highest BCUT2D eigenvalue weighted by Gasteiger charge is 2.31. The summed E-state index contributed by atoms with van der Waals surface area (Å²) in [6.07, 6.45) is 4.39. The molecule has 2 aliphatic heterocycles. The maximum absolute atomic E-state index is 15.2. The van der Waals surface area contributed by atoms with Gasteiger partial charge in [-0.15, -0.1) is 0 Å². The van der Waals surface area contributed by atoms with Gasteiger partial charge in [-0.1, -0.05) is 11.6 Å². The van der Waals surface area contributed by atoms with E-state index < -0.39 is 11.4 Å². The third-order valence-electron chi connectivity index (χ3n) is 6.54. The number of pyridine rings is 1. The Kier molecular flexibility index (Phi) is 8.41. The zero-order valence-corrected chi connectivity index (χ0v) is 23.5. The quantitative estimate of drug-likeness (QED) is 0.369. The molecule has 3 aromatic rings. The molecule has 2 saturated heterocycles. The van der Waals surface area contributed by atoms with Crippen molar-refractivity contribution < 1.29 is 28.1 Å². The summed E-state index contributed by atoms with van der Waals surface area (Å²) in [7, 11) is 0. The van der Waals surface area contributed by atoms with E-state index in [1.54, 1.807) is 23.1 Å². The van der Waals surface area contributed by atoms with E-state index in [-0.39, 0.29) is 40.6 Å². The summed E-state index contributed by atoms with van der Waals surface area (Å²) < 4.78 is 38.2. The van der Waals surface area contributed by atoms with E-state index in [1.165, 1.54) is 12.4 Å². The van der Waals surface area contributed by atoms with E-state index in [1.807, 2.05) is 20.8 Å². The van der Waals surface area contributed by atoms with E-state index in [0.29, 0.717) is 49.6 Å². The van der Waals surface area contributed by atoms with Crippen LogP contribution in [0.25, 0.3) is 11.0 Å². The summed E-state index contributed by atoms with van der Waals surface area (Å²) >= 11 is 6.30. The highest BCUT2D eigenvalue weighted by molar-refractivity contribution is 6.32. The molecule has 0 unspecified atom stereocenters. The van der Waals surface area contributed by atoms with Crippen molar-refractivity contribution in [1.29, 1.82) is 0 Å². The molecule has 4 heterocycles. The molecule has 40 heavy (non-hydrogen) atoms. The molecule has 0 aliphatic carbocycles. The fraction of sp³-hybridized carbons (Fsp3) is 0.500. The first-order valence-electron chi connectivity index (χ1n) is 13.4. The van der Waals surface area contributed by atoms with E-state index in [2.05, 4.69) is 20.3 Å². The molecule has 5 rings (SSSR count). The number of anilines is 2. The largest absolute Gasteiger partial charge is 0.489 e. The first-order valence-corrected chi connectivity index (χ1v) is 13.8. The number of carbonyl (C=O) groups is 1. The van der Waals surface area contributed by atoms with Gasteiger partial charge in [-0.3, -0.25) is 0 Å². The molecule has 1 aromatic carbocycles. The van der Waals surface area contributed by atoms with Crippen molar-refractivity contribution in [1.82, 2.24) is 19.9 Å². The number of carbonyl (C=O) groups excluding carboxylic acids is 1. The first-order chi connectivity index (χ1) is 19.2. The van der Waals surface area contributed by atoms with Crippen LogP contribution in [-0.2, 0) is 9.47 Å². The Balaban J connectivity index is 1.27. The van der Waals surface area contributed by atoms with Crippen LogP contribution in [0.4, 0.5) is 20.7 Å². The number of benzene rings is 1. The molecule has 0 bridgehead atoms. The minimum Gasteiger partial charge on any atom is -0.489 e. The van der Waals surface area contributed by atoms with Gasteiger partial charge in [0.15, 0.2) is 11.6 Å². The fourth-order valence-electron chi connectivity index (χ4n) is 4.56. The van der Waals surface area contributed by atoms with Crippen molar-refractivity contribution in [2.75, 3.05) is 31.6 Å². The molecule has 214 valence electrons. The number of likely N-dealkylation sites (tertiary alicyclic amines) is 1. The minimum atomic E-state index is -0.670. The number of rotatable bonds is 7. The van der Waals surface area contributed by atoms with Crippen LogP contribution in [0.2, 0.25) is 5.02 Å². The van der Waals surface area contributed by atoms with Crippen LogP contribution in [-0.4, -0.2) is 70.1 Å². The summed E-state index contributed by atoms with van der Waals surface area (Å²) in [4.78, 5) is 27.1. The second-order valence-corrected chi connectivity index (χ2v) is 11.2. The maximum Gasteiger partial charge on any atom is 0.410 e. The number of nitrogens with zero attached hydrogens (tertiary/aromatic N) is 4. The molecule has 2 atom stereocenters. The fourth-order valence-corrected chi connectivity index (χ4v) is 4.78. The number of hydrogen-bond acceptors (Lipinski definition) is 9. The molecular weight excluding hydrogens is 541 g/mol. The van der Waals surface area contributed by atoms with Crippen molar-refractivity contribution >= 4 is 40.2 Å². The number of ether oxygens (including phenoxy) is 4. The lowest BCUT2D eigenvalue weighted by atomic mass is 10.1. The van der Waals surface area contributed by atoms with Crippen LogP contribution in [0.15, 0.2) is 30.6 Å². The van der Waals surface area contributed by atoms with Gasteiger partial charge < -0.3 is 29.2 Å². The predicted molar refractivity (Wildman–Crippen MR) is 148 cm³/mol. The Bertz CT molecular complexity index is 1360. The van der Waals surface area contributed by atoms with Gasteiger partial charge in [0.25, 0.3) is 0 Å². The summed E-state index contributed by atoms with van der Waals surface area (Å²) in [6, 6.07) is 6.60. The molecule has 0 radical (unpaired) electrons. The third kappa shape index (κ3) is 6.82. The number of aromatic nitrogens is 3. The van der Waals surface area contributed by atoms with Crippen molar-refractivity contribution in [3.05, 3.63) is 41.4 Å². The summed E-state index contributed by atoms with van der Waals surface area (Å²) in [5, 5.41) is 2.84. The molecular formula is C28H33ClFN5O5. The Morgan fingerprint density at radius 1 is 1.20 bits per heavy atom. The lowest BCUT2D eigenvalue weighted by Gasteiger charge is -2.24. The Labute approximate surface area is 237 Å². The van der Waals surface area contributed by atoms with E-state index >= 15 is 4.39 Å². The Morgan fingerprint density at radius 2 is 2.05 bits per heavy atom. The lowest BCUT2D eigenvalue weighted by Crippen LogP contribution is -2.36. The molecule has 2 aliphatic rings. The molecule has 2 fully saturated rings. The van der Waals surface area contributed by atoms with Gasteiger partial charge in [-0.05, 0) is 58.2 Å². The van der Waals surface area contributed by atoms with Crippen LogP contribution in [0, 0.1) is 5.82 Å². The van der Waals surface area contributed by atoms with E-state index in [0.717, 1.165) is 19.3 Å². The highest BCUT2D eigenvalue weighted by Crippen LogP contribution is 2.35. The standard InChI is InChI=1S/C28H33ClFN5O5/c1-28(2,3)40-27(36)35-12-11-17(14-35)39-22-10-8-20-25(34-22)26(32-16-31-20)33-19-7-9-21(23(29)24(19)30)38-15-18-6-4-5-13-37-18/h7-10,16-18H,4-6,11-15H2,1-3H3,(H,31,32,33)/t17-,18+/m0/s1. The monoisotopic (exact) mass is 573 g/mol. The highest BCUT2D eigenvalue weighted by atomic mass is 35.5. The van der Waals surface area contributed by atoms with Gasteiger partial charge in [0.2, 0.25) is 5.88 Å². The maximum atomic E-state index is 15.2. The molecule has 10 nitrogen and oxygen atoms in total. The average Bonchev–Trinajstić information content (AvgIpc) is 3.39. The SMILES string of the molecule is CC(C)(C)OC(=O)N1CC[C@H](Oc2ccc3ncnc(Nc4ccc(OC[C@H]5CCCCO5)c(Cl)c4F)c3n2)C1. The molecule has 0 spiro atoms. The predicted octanol–water partition coefficient (Wildman–Crippen LogP) is 5.90. The topological polar surface area (TPSA) is 108 Å². The zero-order valence-electron chi connectivity index (χ0n) is 22.8. The van der Waals surface area contributed by atoms with Crippen LogP contribution >= 0.6 is 11.6 Å². The summed E-state index contributed by atoms with van der Waals surface area (Å²) in [6.45, 7) is 7.42. The molecule has 1 amide bonds. The average molecular weight is 574 g/mol. The summed E-state index contributed by atoms with van der Waals surface area (Å²) in [5.74, 6) is 0.207. The smallest absolute Gasteiger partial charge is 0.410 e. The number of fused-ring (bicyclic) bond motifs is 1. The van der Waals surface area contributed by atoms with Crippen LogP contribution in [0.1, 0.15) is 46.5 Å². The Hall–Kier alpha value is -3.44. The van der Waals surface area contributed by atoms with Gasteiger partial charge in [-0.25, -0.2) is 24.1 Å². The van der Waals surface area contributed by atoms with Crippen molar-refractivity contribution in [2.24, 2.45) is 0 Å². The van der Waals surface area contributed by atoms with Crippen molar-refractivity contribution in [2.45, 2.75) is 64.3 Å². The van der Waals surface area contributed by atoms with Crippen LogP contribution < -0.4 is 14.8 Å². The molecule has 2 aromatic heterocycles. The number of halogens is 2.